The van der Waals surface area contributed by atoms with Crippen molar-refractivity contribution >= 4 is 0 Å². The third-order valence-corrected chi connectivity index (χ3v) is 5.00. The molecule has 0 aliphatic heterocycles. The van der Waals surface area contributed by atoms with Crippen LogP contribution in [0.1, 0.15) is 56.7 Å². The third kappa shape index (κ3) is 3.24. The van der Waals surface area contributed by atoms with Gasteiger partial charge in [0.1, 0.15) is 0 Å². The van der Waals surface area contributed by atoms with Crippen molar-refractivity contribution in [2.45, 2.75) is 64.1 Å². The smallest absolute Gasteiger partial charge is 0.0450 e. The summed E-state index contributed by atoms with van der Waals surface area (Å²) in [5.41, 5.74) is 9.23. The molecule has 1 aromatic carbocycles. The van der Waals surface area contributed by atoms with Gasteiger partial charge in [0.15, 0.2) is 0 Å². The quantitative estimate of drug-likeness (QED) is 0.823. The van der Waals surface area contributed by atoms with E-state index >= 15 is 0 Å². The van der Waals surface area contributed by atoms with Crippen molar-refractivity contribution in [2.24, 2.45) is 11.7 Å². The molecule has 20 heavy (non-hydrogen) atoms. The van der Waals surface area contributed by atoms with Crippen molar-refractivity contribution in [3.63, 3.8) is 0 Å². The summed E-state index contributed by atoms with van der Waals surface area (Å²) in [6.07, 6.45) is 6.70. The number of benzene rings is 1. The highest BCUT2D eigenvalue weighted by atomic mass is 15.2. The van der Waals surface area contributed by atoms with Crippen LogP contribution in [0.5, 0.6) is 0 Å². The van der Waals surface area contributed by atoms with Crippen LogP contribution in [0.3, 0.4) is 0 Å². The predicted octanol–water partition coefficient (Wildman–Crippen LogP) is 3.51. The Bertz CT molecular complexity index is 431. The van der Waals surface area contributed by atoms with Gasteiger partial charge in [-0.3, -0.25) is 4.90 Å². The first-order chi connectivity index (χ1) is 9.69. The van der Waals surface area contributed by atoms with Gasteiger partial charge in [0, 0.05) is 24.7 Å². The minimum absolute atomic E-state index is 0.139. The molecule has 2 aliphatic rings. The third-order valence-electron chi connectivity index (χ3n) is 5.00. The molecule has 0 aromatic heterocycles. The summed E-state index contributed by atoms with van der Waals surface area (Å²) in [6, 6.07) is 10.3. The lowest BCUT2D eigenvalue weighted by atomic mass is 9.98. The Labute approximate surface area is 123 Å². The van der Waals surface area contributed by atoms with Gasteiger partial charge in [-0.2, -0.15) is 0 Å². The molecule has 0 bridgehead atoms. The van der Waals surface area contributed by atoms with Crippen LogP contribution in [0.4, 0.5) is 0 Å². The average molecular weight is 272 g/mol. The van der Waals surface area contributed by atoms with Crippen LogP contribution >= 0.6 is 0 Å². The van der Waals surface area contributed by atoms with Gasteiger partial charge in [0.2, 0.25) is 0 Å². The van der Waals surface area contributed by atoms with Crippen LogP contribution in [-0.2, 0) is 6.42 Å². The first kappa shape index (κ1) is 14.1. The van der Waals surface area contributed by atoms with E-state index < -0.39 is 0 Å². The Kier molecular flexibility index (Phi) is 4.13. The highest BCUT2D eigenvalue weighted by Crippen LogP contribution is 2.37. The summed E-state index contributed by atoms with van der Waals surface area (Å²) in [4.78, 5) is 2.69. The molecule has 0 amide bonds. The SMILES string of the molecule is CCc1ccc(C(N)C(C)N(CC2CC2)C2CC2)cc1. The van der Waals surface area contributed by atoms with E-state index in [0.717, 1.165) is 18.4 Å². The molecule has 2 aliphatic carbocycles. The van der Waals surface area contributed by atoms with Crippen molar-refractivity contribution in [3.05, 3.63) is 35.4 Å². The molecule has 0 spiro atoms. The number of nitrogens with two attached hydrogens (primary N) is 1. The molecule has 2 N–H and O–H groups in total. The molecule has 0 saturated heterocycles. The zero-order valence-corrected chi connectivity index (χ0v) is 12.9. The second kappa shape index (κ2) is 5.87. The molecular formula is C18H28N2. The first-order valence-electron chi connectivity index (χ1n) is 8.29. The fraction of sp³-hybridized carbons (Fsp3) is 0.667. The molecule has 0 heterocycles. The Balaban J connectivity index is 1.67. The second-order valence-electron chi connectivity index (χ2n) is 6.73. The highest BCUT2D eigenvalue weighted by molar-refractivity contribution is 5.26. The molecule has 2 unspecified atom stereocenters. The van der Waals surface area contributed by atoms with Gasteiger partial charge < -0.3 is 5.73 Å². The average Bonchev–Trinajstić information content (AvgIpc) is 3.36. The number of hydrogen-bond donors (Lipinski definition) is 1. The van der Waals surface area contributed by atoms with E-state index in [1.165, 1.54) is 43.4 Å². The van der Waals surface area contributed by atoms with Crippen molar-refractivity contribution < 1.29 is 0 Å². The summed E-state index contributed by atoms with van der Waals surface area (Å²) in [5, 5.41) is 0. The molecule has 110 valence electrons. The zero-order chi connectivity index (χ0) is 14.1. The van der Waals surface area contributed by atoms with Crippen LogP contribution < -0.4 is 5.73 Å². The maximum atomic E-state index is 6.55. The molecule has 2 nitrogen and oxygen atoms in total. The molecule has 2 saturated carbocycles. The first-order valence-corrected chi connectivity index (χ1v) is 8.29. The fourth-order valence-electron chi connectivity index (χ4n) is 3.11. The number of nitrogens with zero attached hydrogens (tertiary/aromatic N) is 1. The molecule has 3 rings (SSSR count). The van der Waals surface area contributed by atoms with Gasteiger partial charge in [-0.15, -0.1) is 0 Å². The number of rotatable bonds is 7. The normalized spacial score (nSPS) is 22.0. The van der Waals surface area contributed by atoms with Crippen LogP contribution in [-0.4, -0.2) is 23.5 Å². The summed E-state index contributed by atoms with van der Waals surface area (Å²) < 4.78 is 0. The molecule has 2 fully saturated rings. The van der Waals surface area contributed by atoms with Crippen molar-refractivity contribution in [1.82, 2.24) is 4.90 Å². The van der Waals surface area contributed by atoms with Gasteiger partial charge in [-0.25, -0.2) is 0 Å². The Morgan fingerprint density at radius 3 is 2.30 bits per heavy atom. The van der Waals surface area contributed by atoms with E-state index in [4.69, 9.17) is 5.73 Å². The number of aryl methyl sites for hydroxylation is 1. The lowest BCUT2D eigenvalue weighted by molar-refractivity contribution is 0.167. The minimum Gasteiger partial charge on any atom is -0.323 e. The lowest BCUT2D eigenvalue weighted by Crippen LogP contribution is -2.43. The van der Waals surface area contributed by atoms with Crippen LogP contribution in [0.15, 0.2) is 24.3 Å². The summed E-state index contributed by atoms with van der Waals surface area (Å²) in [5.74, 6) is 0.952. The monoisotopic (exact) mass is 272 g/mol. The van der Waals surface area contributed by atoms with Crippen LogP contribution in [0.25, 0.3) is 0 Å². The molecular weight excluding hydrogens is 244 g/mol. The summed E-state index contributed by atoms with van der Waals surface area (Å²) >= 11 is 0. The number of hydrogen-bond acceptors (Lipinski definition) is 2. The van der Waals surface area contributed by atoms with Crippen LogP contribution in [0.2, 0.25) is 0 Å². The van der Waals surface area contributed by atoms with Crippen molar-refractivity contribution in [2.75, 3.05) is 6.54 Å². The van der Waals surface area contributed by atoms with Gasteiger partial charge in [0.25, 0.3) is 0 Å². The van der Waals surface area contributed by atoms with Crippen LogP contribution in [0, 0.1) is 5.92 Å². The van der Waals surface area contributed by atoms with Gasteiger partial charge in [-0.1, -0.05) is 31.2 Å². The lowest BCUT2D eigenvalue weighted by Gasteiger charge is -2.33. The zero-order valence-electron chi connectivity index (χ0n) is 12.9. The topological polar surface area (TPSA) is 29.3 Å². The van der Waals surface area contributed by atoms with Gasteiger partial charge in [0.05, 0.1) is 0 Å². The Morgan fingerprint density at radius 2 is 1.80 bits per heavy atom. The Morgan fingerprint density at radius 1 is 1.15 bits per heavy atom. The molecule has 2 atom stereocenters. The standard InChI is InChI=1S/C18H28N2/c1-3-14-6-8-16(9-7-14)18(19)13(2)20(17-10-11-17)12-15-4-5-15/h6-9,13,15,17-18H,3-5,10-12,19H2,1-2H3. The van der Waals surface area contributed by atoms with E-state index in [1.54, 1.807) is 0 Å². The van der Waals surface area contributed by atoms with Gasteiger partial charge in [-0.05, 0) is 56.1 Å². The fourth-order valence-corrected chi connectivity index (χ4v) is 3.11. The highest BCUT2D eigenvalue weighted by Gasteiger charge is 2.37. The maximum absolute atomic E-state index is 6.55. The van der Waals surface area contributed by atoms with E-state index in [1.807, 2.05) is 0 Å². The predicted molar refractivity (Wildman–Crippen MR) is 84.7 cm³/mol. The van der Waals surface area contributed by atoms with Crippen molar-refractivity contribution in [1.29, 1.82) is 0 Å². The van der Waals surface area contributed by atoms with Crippen molar-refractivity contribution in [3.8, 4) is 0 Å². The van der Waals surface area contributed by atoms with Gasteiger partial charge >= 0.3 is 0 Å². The summed E-state index contributed by atoms with van der Waals surface area (Å²) in [7, 11) is 0. The van der Waals surface area contributed by atoms with E-state index in [2.05, 4.69) is 43.0 Å². The summed E-state index contributed by atoms with van der Waals surface area (Å²) in [6.45, 7) is 5.79. The second-order valence-corrected chi connectivity index (χ2v) is 6.73. The van der Waals surface area contributed by atoms with E-state index in [9.17, 15) is 0 Å². The Hall–Kier alpha value is -0.860. The van der Waals surface area contributed by atoms with E-state index in [0.29, 0.717) is 6.04 Å². The largest absolute Gasteiger partial charge is 0.323 e. The van der Waals surface area contributed by atoms with E-state index in [-0.39, 0.29) is 6.04 Å². The molecule has 0 radical (unpaired) electrons. The minimum atomic E-state index is 0.139. The molecule has 2 heteroatoms. The maximum Gasteiger partial charge on any atom is 0.0450 e. The molecule has 1 aromatic rings.